The van der Waals surface area contributed by atoms with Crippen molar-refractivity contribution < 1.29 is 14.3 Å². The van der Waals surface area contributed by atoms with Gasteiger partial charge in [-0.05, 0) is 44.4 Å². The monoisotopic (exact) mass is 327 g/mol. The summed E-state index contributed by atoms with van der Waals surface area (Å²) in [6.45, 7) is 9.64. The fourth-order valence-corrected chi connectivity index (χ4v) is 3.33. The first-order valence-electron chi connectivity index (χ1n) is 8.19. The van der Waals surface area contributed by atoms with E-state index in [2.05, 4.69) is 5.32 Å². The van der Waals surface area contributed by atoms with Crippen molar-refractivity contribution >= 4 is 11.8 Å². The van der Waals surface area contributed by atoms with Gasteiger partial charge in [0.15, 0.2) is 5.78 Å². The molecule has 1 atom stereocenters. The summed E-state index contributed by atoms with van der Waals surface area (Å²) >= 11 is 0. The third-order valence-corrected chi connectivity index (χ3v) is 4.74. The van der Waals surface area contributed by atoms with Crippen LogP contribution in [0.25, 0.3) is 0 Å². The first-order chi connectivity index (χ1) is 11.3. The summed E-state index contributed by atoms with van der Waals surface area (Å²) in [6, 6.07) is 5.99. The quantitative estimate of drug-likeness (QED) is 0.857. The number of ether oxygens (including phenoxy) is 1. The van der Waals surface area contributed by atoms with Crippen LogP contribution in [0.5, 0.6) is 0 Å². The molecule has 0 aromatic heterocycles. The number of aryl methyl sites for hydroxylation is 1. The molecule has 0 radical (unpaired) electrons. The van der Waals surface area contributed by atoms with Crippen LogP contribution in [0, 0.1) is 13.8 Å². The molecule has 1 aliphatic heterocycles. The standard InChI is InChI=1S/C20H25NO3/c1-7-16(22)17-13(4)21-14(5)18(20(23)24-6)19(17)15-10-8-9-11(2)12(15)3/h8-10,19,21H,7H2,1-6H3. The normalized spacial score (nSPS) is 17.7. The third kappa shape index (κ3) is 3.01. The van der Waals surface area contributed by atoms with Gasteiger partial charge in [-0.1, -0.05) is 25.1 Å². The number of hydrogen-bond donors (Lipinski definition) is 1. The topological polar surface area (TPSA) is 55.4 Å². The van der Waals surface area contributed by atoms with E-state index in [1.165, 1.54) is 7.11 Å². The van der Waals surface area contributed by atoms with E-state index in [1.54, 1.807) is 0 Å². The number of methoxy groups -OCH3 is 1. The van der Waals surface area contributed by atoms with Crippen molar-refractivity contribution in [1.29, 1.82) is 0 Å². The fraction of sp³-hybridized carbons (Fsp3) is 0.400. The molecule has 0 saturated carbocycles. The maximum atomic E-state index is 12.6. The van der Waals surface area contributed by atoms with Gasteiger partial charge in [-0.3, -0.25) is 4.79 Å². The average molecular weight is 327 g/mol. The Bertz CT molecular complexity index is 718. The minimum Gasteiger partial charge on any atom is -0.466 e. The van der Waals surface area contributed by atoms with E-state index >= 15 is 0 Å². The Kier molecular flexibility index (Phi) is 5.27. The van der Waals surface area contributed by atoms with Gasteiger partial charge in [-0.25, -0.2) is 4.79 Å². The second-order valence-electron chi connectivity index (χ2n) is 6.19. The molecule has 0 aliphatic carbocycles. The molecule has 4 heteroatoms. The van der Waals surface area contributed by atoms with E-state index in [0.29, 0.717) is 17.6 Å². The minimum absolute atomic E-state index is 0.0415. The van der Waals surface area contributed by atoms with Crippen molar-refractivity contribution in [2.45, 2.75) is 47.0 Å². The van der Waals surface area contributed by atoms with Gasteiger partial charge >= 0.3 is 5.97 Å². The van der Waals surface area contributed by atoms with Crippen LogP contribution < -0.4 is 5.32 Å². The molecule has 2 rings (SSSR count). The predicted octanol–water partition coefficient (Wildman–Crippen LogP) is 3.69. The first kappa shape index (κ1) is 18.0. The van der Waals surface area contributed by atoms with Gasteiger partial charge in [0.1, 0.15) is 0 Å². The first-order valence-corrected chi connectivity index (χ1v) is 8.19. The van der Waals surface area contributed by atoms with Gasteiger partial charge < -0.3 is 10.1 Å². The van der Waals surface area contributed by atoms with E-state index in [-0.39, 0.29) is 5.78 Å². The molecule has 1 aliphatic rings. The Morgan fingerprint density at radius 2 is 1.71 bits per heavy atom. The molecule has 1 aromatic rings. The highest BCUT2D eigenvalue weighted by atomic mass is 16.5. The SMILES string of the molecule is CCC(=O)C1=C(C)NC(C)=C(C(=O)OC)C1c1cccc(C)c1C. The summed E-state index contributed by atoms with van der Waals surface area (Å²) in [5, 5.41) is 3.18. The van der Waals surface area contributed by atoms with Crippen LogP contribution >= 0.6 is 0 Å². The highest BCUT2D eigenvalue weighted by Gasteiger charge is 2.36. The molecular weight excluding hydrogens is 302 g/mol. The van der Waals surface area contributed by atoms with Crippen LogP contribution in [-0.4, -0.2) is 18.9 Å². The zero-order valence-electron chi connectivity index (χ0n) is 15.2. The maximum Gasteiger partial charge on any atom is 0.336 e. The second kappa shape index (κ2) is 7.04. The molecule has 0 spiro atoms. The van der Waals surface area contributed by atoms with Crippen molar-refractivity contribution in [1.82, 2.24) is 5.32 Å². The Morgan fingerprint density at radius 1 is 1.08 bits per heavy atom. The highest BCUT2D eigenvalue weighted by molar-refractivity contribution is 6.03. The summed E-state index contributed by atoms with van der Waals surface area (Å²) in [6.07, 6.45) is 0.392. The number of rotatable bonds is 4. The molecule has 128 valence electrons. The summed E-state index contributed by atoms with van der Waals surface area (Å²) < 4.78 is 5.01. The highest BCUT2D eigenvalue weighted by Crippen LogP contribution is 2.41. The van der Waals surface area contributed by atoms with Crippen LogP contribution in [-0.2, 0) is 14.3 Å². The predicted molar refractivity (Wildman–Crippen MR) is 94.5 cm³/mol. The van der Waals surface area contributed by atoms with Crippen molar-refractivity contribution in [2.75, 3.05) is 7.11 Å². The molecule has 0 bridgehead atoms. The van der Waals surface area contributed by atoms with Crippen LogP contribution in [0.3, 0.4) is 0 Å². The Morgan fingerprint density at radius 3 is 2.29 bits per heavy atom. The Labute approximate surface area is 143 Å². The maximum absolute atomic E-state index is 12.6. The van der Waals surface area contributed by atoms with Crippen LogP contribution in [0.4, 0.5) is 0 Å². The zero-order chi connectivity index (χ0) is 18.0. The summed E-state index contributed by atoms with van der Waals surface area (Å²) in [7, 11) is 1.37. The summed E-state index contributed by atoms with van der Waals surface area (Å²) in [5.74, 6) is -0.759. The van der Waals surface area contributed by atoms with Crippen molar-refractivity contribution in [3.63, 3.8) is 0 Å². The lowest BCUT2D eigenvalue weighted by molar-refractivity contribution is -0.136. The molecule has 1 heterocycles. The van der Waals surface area contributed by atoms with Crippen molar-refractivity contribution in [3.05, 3.63) is 57.4 Å². The molecule has 24 heavy (non-hydrogen) atoms. The number of esters is 1. The van der Waals surface area contributed by atoms with Gasteiger partial charge in [-0.15, -0.1) is 0 Å². The number of hydrogen-bond acceptors (Lipinski definition) is 4. The van der Waals surface area contributed by atoms with Crippen LogP contribution in [0.15, 0.2) is 40.7 Å². The number of ketones is 1. The van der Waals surface area contributed by atoms with Crippen LogP contribution in [0.2, 0.25) is 0 Å². The van der Waals surface area contributed by atoms with Gasteiger partial charge in [0.2, 0.25) is 0 Å². The van der Waals surface area contributed by atoms with Crippen LogP contribution in [0.1, 0.15) is 49.8 Å². The fourth-order valence-electron chi connectivity index (χ4n) is 3.33. The lowest BCUT2D eigenvalue weighted by atomic mass is 9.76. The second-order valence-corrected chi connectivity index (χ2v) is 6.19. The molecule has 1 N–H and O–H groups in total. The number of carbonyl (C=O) groups is 2. The molecule has 0 fully saturated rings. The minimum atomic E-state index is -0.403. The zero-order valence-corrected chi connectivity index (χ0v) is 15.2. The largest absolute Gasteiger partial charge is 0.466 e. The van der Waals surface area contributed by atoms with Gasteiger partial charge in [0.05, 0.1) is 12.7 Å². The molecule has 0 saturated heterocycles. The number of carbonyl (C=O) groups excluding carboxylic acids is 2. The smallest absolute Gasteiger partial charge is 0.336 e. The number of allylic oxidation sites excluding steroid dienone is 3. The van der Waals surface area contributed by atoms with E-state index in [1.807, 2.05) is 52.8 Å². The Hall–Kier alpha value is -2.36. The van der Waals surface area contributed by atoms with E-state index in [4.69, 9.17) is 4.74 Å². The lowest BCUT2D eigenvalue weighted by Crippen LogP contribution is -2.31. The average Bonchev–Trinajstić information content (AvgIpc) is 2.55. The molecular formula is C20H25NO3. The molecule has 0 amide bonds. The molecule has 1 unspecified atom stereocenters. The van der Waals surface area contributed by atoms with E-state index in [9.17, 15) is 9.59 Å². The molecule has 1 aromatic carbocycles. The summed E-state index contributed by atoms with van der Waals surface area (Å²) in [4.78, 5) is 25.1. The third-order valence-electron chi connectivity index (χ3n) is 4.74. The van der Waals surface area contributed by atoms with Gasteiger partial charge in [-0.2, -0.15) is 0 Å². The van der Waals surface area contributed by atoms with Gasteiger partial charge in [0, 0.05) is 29.3 Å². The van der Waals surface area contributed by atoms with Crippen molar-refractivity contribution in [2.24, 2.45) is 0 Å². The van der Waals surface area contributed by atoms with E-state index < -0.39 is 11.9 Å². The number of Topliss-reactive ketones (excluding diaryl/α,β-unsaturated/α-hetero) is 1. The van der Waals surface area contributed by atoms with Gasteiger partial charge in [0.25, 0.3) is 0 Å². The number of dihydropyridines is 1. The van der Waals surface area contributed by atoms with Crippen molar-refractivity contribution in [3.8, 4) is 0 Å². The van der Waals surface area contributed by atoms with E-state index in [0.717, 1.165) is 28.1 Å². The lowest BCUT2D eigenvalue weighted by Gasteiger charge is -2.31. The Balaban J connectivity index is 2.77. The molecule has 4 nitrogen and oxygen atoms in total. The number of nitrogens with one attached hydrogen (secondary N) is 1. The number of benzene rings is 1. The summed E-state index contributed by atoms with van der Waals surface area (Å²) in [5.41, 5.74) is 5.90.